The van der Waals surface area contributed by atoms with Gasteiger partial charge in [-0.3, -0.25) is 24.5 Å². The second-order valence-electron chi connectivity index (χ2n) is 10.6. The number of nitrogens with one attached hydrogen (secondary N) is 1. The van der Waals surface area contributed by atoms with Gasteiger partial charge < -0.3 is 24.8 Å². The number of methoxy groups -OCH3 is 1. The van der Waals surface area contributed by atoms with E-state index in [1.807, 2.05) is 59.5 Å². The number of hydrogen-bond donors (Lipinski definition) is 1. The summed E-state index contributed by atoms with van der Waals surface area (Å²) >= 11 is 6.22. The van der Waals surface area contributed by atoms with Crippen LogP contribution in [0.25, 0.3) is 0 Å². The SMILES string of the molecule is COc1ccccc1CCNC(=O)CN1CN(c2ccccc2)C2(CCN(C(=O)c3ccc([N+](=O)[O-])cc3Cl)CC2)C1=O. The maximum Gasteiger partial charge on any atom is 0.270 e. The number of benzene rings is 3. The number of anilines is 1. The van der Waals surface area contributed by atoms with E-state index in [0.717, 1.165) is 23.1 Å². The Bertz CT molecular complexity index is 1530. The lowest BCUT2D eigenvalue weighted by Crippen LogP contribution is -2.57. The third-order valence-electron chi connectivity index (χ3n) is 8.10. The molecule has 0 aromatic heterocycles. The molecular weight excluding hydrogens is 574 g/mol. The van der Waals surface area contributed by atoms with Gasteiger partial charge in [0.25, 0.3) is 17.5 Å². The molecule has 1 N–H and O–H groups in total. The molecule has 2 fully saturated rings. The Labute approximate surface area is 254 Å². The Kier molecular flexibility index (Phi) is 8.81. The summed E-state index contributed by atoms with van der Waals surface area (Å²) in [4.78, 5) is 55.9. The number of amides is 3. The molecule has 11 nitrogen and oxygen atoms in total. The zero-order chi connectivity index (χ0) is 30.6. The zero-order valence-corrected chi connectivity index (χ0v) is 24.5. The molecule has 1 spiro atoms. The molecule has 3 amide bonds. The minimum Gasteiger partial charge on any atom is -0.496 e. The molecule has 12 heteroatoms. The van der Waals surface area contributed by atoms with Gasteiger partial charge in [-0.1, -0.05) is 48.0 Å². The predicted octanol–water partition coefficient (Wildman–Crippen LogP) is 3.90. The number of nitro groups is 1. The highest BCUT2D eigenvalue weighted by atomic mass is 35.5. The van der Waals surface area contributed by atoms with Crippen molar-refractivity contribution in [2.45, 2.75) is 24.8 Å². The number of carbonyl (C=O) groups excluding carboxylic acids is 3. The first-order chi connectivity index (χ1) is 20.7. The summed E-state index contributed by atoms with van der Waals surface area (Å²) in [5.74, 6) is -0.00393. The van der Waals surface area contributed by atoms with Gasteiger partial charge in [-0.25, -0.2) is 0 Å². The molecule has 0 saturated carbocycles. The van der Waals surface area contributed by atoms with E-state index in [0.29, 0.717) is 25.8 Å². The van der Waals surface area contributed by atoms with E-state index in [2.05, 4.69) is 5.32 Å². The van der Waals surface area contributed by atoms with Crippen LogP contribution in [-0.4, -0.2) is 77.9 Å². The summed E-state index contributed by atoms with van der Waals surface area (Å²) in [5.41, 5.74) is 0.890. The van der Waals surface area contributed by atoms with Gasteiger partial charge in [0.1, 0.15) is 17.8 Å². The van der Waals surface area contributed by atoms with Crippen LogP contribution >= 0.6 is 11.6 Å². The Hall–Kier alpha value is -4.64. The van der Waals surface area contributed by atoms with Crippen molar-refractivity contribution in [2.24, 2.45) is 0 Å². The van der Waals surface area contributed by atoms with E-state index in [-0.39, 0.29) is 60.3 Å². The first kappa shape index (κ1) is 29.8. The second-order valence-corrected chi connectivity index (χ2v) is 11.0. The molecule has 2 aliphatic heterocycles. The Balaban J connectivity index is 1.27. The fraction of sp³-hybridized carbons (Fsp3) is 0.323. The predicted molar refractivity (Wildman–Crippen MR) is 161 cm³/mol. The Morgan fingerprint density at radius 3 is 2.42 bits per heavy atom. The van der Waals surface area contributed by atoms with Crippen LogP contribution in [0, 0.1) is 10.1 Å². The first-order valence-corrected chi connectivity index (χ1v) is 14.3. The molecule has 0 atom stereocenters. The van der Waals surface area contributed by atoms with Gasteiger partial charge >= 0.3 is 0 Å². The molecule has 3 aromatic carbocycles. The monoisotopic (exact) mass is 605 g/mol. The topological polar surface area (TPSA) is 125 Å². The van der Waals surface area contributed by atoms with E-state index in [4.69, 9.17) is 16.3 Å². The maximum absolute atomic E-state index is 14.0. The molecule has 0 bridgehead atoms. The summed E-state index contributed by atoms with van der Waals surface area (Å²) in [7, 11) is 1.61. The van der Waals surface area contributed by atoms with Crippen molar-refractivity contribution in [3.63, 3.8) is 0 Å². The highest BCUT2D eigenvalue weighted by molar-refractivity contribution is 6.34. The number of hydrogen-bond acceptors (Lipinski definition) is 7. The molecule has 2 heterocycles. The van der Waals surface area contributed by atoms with Crippen molar-refractivity contribution in [1.29, 1.82) is 0 Å². The molecular formula is C31H32ClN5O6. The van der Waals surface area contributed by atoms with Crippen LogP contribution in [0.5, 0.6) is 5.75 Å². The number of ether oxygens (including phenoxy) is 1. The number of halogens is 1. The average Bonchev–Trinajstić information content (AvgIpc) is 3.27. The molecule has 43 heavy (non-hydrogen) atoms. The fourth-order valence-corrected chi connectivity index (χ4v) is 6.09. The number of rotatable bonds is 9. The minimum absolute atomic E-state index is 0.00485. The molecule has 224 valence electrons. The number of piperidine rings is 1. The van der Waals surface area contributed by atoms with Crippen LogP contribution < -0.4 is 15.0 Å². The lowest BCUT2D eigenvalue weighted by Gasteiger charge is -2.43. The molecule has 0 radical (unpaired) electrons. The van der Waals surface area contributed by atoms with Crippen molar-refractivity contribution in [1.82, 2.24) is 15.1 Å². The lowest BCUT2D eigenvalue weighted by molar-refractivity contribution is -0.384. The summed E-state index contributed by atoms with van der Waals surface area (Å²) in [6.07, 6.45) is 1.29. The zero-order valence-electron chi connectivity index (χ0n) is 23.7. The van der Waals surface area contributed by atoms with E-state index >= 15 is 0 Å². The second kappa shape index (κ2) is 12.7. The van der Waals surface area contributed by atoms with Gasteiger partial charge in [0.15, 0.2) is 0 Å². The molecule has 2 saturated heterocycles. The average molecular weight is 606 g/mol. The Morgan fingerprint density at radius 2 is 1.74 bits per heavy atom. The van der Waals surface area contributed by atoms with Crippen molar-refractivity contribution in [3.05, 3.63) is 99.1 Å². The van der Waals surface area contributed by atoms with Gasteiger partial charge in [0.2, 0.25) is 5.91 Å². The summed E-state index contributed by atoms with van der Waals surface area (Å²) in [6.45, 7) is 1.11. The fourth-order valence-electron chi connectivity index (χ4n) is 5.84. The van der Waals surface area contributed by atoms with Gasteiger partial charge in [-0.2, -0.15) is 0 Å². The molecule has 3 aromatic rings. The number of nitro benzene ring substituents is 1. The van der Waals surface area contributed by atoms with Crippen LogP contribution in [0.2, 0.25) is 5.02 Å². The van der Waals surface area contributed by atoms with E-state index in [9.17, 15) is 24.5 Å². The van der Waals surface area contributed by atoms with E-state index in [1.165, 1.54) is 12.1 Å². The molecule has 2 aliphatic rings. The highest BCUT2D eigenvalue weighted by Gasteiger charge is 2.54. The van der Waals surface area contributed by atoms with E-state index in [1.54, 1.807) is 16.9 Å². The van der Waals surface area contributed by atoms with Gasteiger partial charge in [-0.15, -0.1) is 0 Å². The lowest BCUT2D eigenvalue weighted by atomic mass is 9.85. The number of non-ortho nitro benzene ring substituents is 1. The number of para-hydroxylation sites is 2. The minimum atomic E-state index is -0.922. The summed E-state index contributed by atoms with van der Waals surface area (Å²) in [6, 6.07) is 21.0. The maximum atomic E-state index is 14.0. The van der Waals surface area contributed by atoms with Crippen LogP contribution in [0.3, 0.4) is 0 Å². The Morgan fingerprint density at radius 1 is 1.05 bits per heavy atom. The van der Waals surface area contributed by atoms with Crippen molar-refractivity contribution in [3.8, 4) is 5.75 Å². The van der Waals surface area contributed by atoms with Gasteiger partial charge in [-0.05, 0) is 49.1 Å². The first-order valence-electron chi connectivity index (χ1n) is 14.0. The number of nitrogens with zero attached hydrogens (tertiary/aromatic N) is 4. The van der Waals surface area contributed by atoms with Crippen LogP contribution in [0.4, 0.5) is 11.4 Å². The third kappa shape index (κ3) is 6.12. The standard InChI is InChI=1S/C31H32ClN5O6/c1-43-27-10-6-5-7-22(27)13-16-33-28(38)20-35-21-36(23-8-3-2-4-9-23)31(30(35)40)14-17-34(18-15-31)29(39)25-12-11-24(37(41)42)19-26(25)32/h2-12,19H,13-18,20-21H2,1H3,(H,33,38). The highest BCUT2D eigenvalue weighted by Crippen LogP contribution is 2.40. The van der Waals surface area contributed by atoms with Gasteiger partial charge in [0, 0.05) is 37.5 Å². The molecule has 0 unspecified atom stereocenters. The van der Waals surface area contributed by atoms with Crippen molar-refractivity contribution < 1.29 is 24.0 Å². The number of carbonyl (C=O) groups is 3. The molecule has 0 aliphatic carbocycles. The summed E-state index contributed by atoms with van der Waals surface area (Å²) < 4.78 is 5.38. The summed E-state index contributed by atoms with van der Waals surface area (Å²) in [5, 5.41) is 14.0. The van der Waals surface area contributed by atoms with Crippen molar-refractivity contribution in [2.75, 3.05) is 44.9 Å². The van der Waals surface area contributed by atoms with Crippen molar-refractivity contribution >= 4 is 40.7 Å². The van der Waals surface area contributed by atoms with Gasteiger partial charge in [0.05, 0.1) is 29.3 Å². The largest absolute Gasteiger partial charge is 0.496 e. The van der Waals surface area contributed by atoms with Crippen LogP contribution in [-0.2, 0) is 16.0 Å². The van der Waals surface area contributed by atoms with Crippen LogP contribution in [0.1, 0.15) is 28.8 Å². The third-order valence-corrected chi connectivity index (χ3v) is 8.41. The number of likely N-dealkylation sites (tertiary alicyclic amines) is 1. The normalized spacial score (nSPS) is 16.0. The smallest absolute Gasteiger partial charge is 0.270 e. The van der Waals surface area contributed by atoms with Crippen LogP contribution in [0.15, 0.2) is 72.8 Å². The quantitative estimate of drug-likeness (QED) is 0.290. The molecule has 5 rings (SSSR count). The van der Waals surface area contributed by atoms with E-state index < -0.39 is 10.5 Å².